The summed E-state index contributed by atoms with van der Waals surface area (Å²) >= 11 is 0. The van der Waals surface area contributed by atoms with Crippen molar-refractivity contribution in [2.24, 2.45) is 0 Å². The Balaban J connectivity index is 3.16. The molecular weight excluding hydrogens is 195 g/mol. The first-order valence-corrected chi connectivity index (χ1v) is 7.46. The highest BCUT2D eigenvalue weighted by Gasteiger charge is 2.01. The first-order valence-electron chi connectivity index (χ1n) is 5.56. The number of carbonyl (C=O) groups excluding carboxylic acids is 1. The molecular formula is C11H23O2P. The van der Waals surface area contributed by atoms with Crippen LogP contribution in [0.3, 0.4) is 0 Å². The Morgan fingerprint density at radius 2 is 1.79 bits per heavy atom. The lowest BCUT2D eigenvalue weighted by Crippen LogP contribution is -2.00. The number of unbranched alkanes of at least 4 members (excludes halogenated alkanes) is 2. The van der Waals surface area contributed by atoms with Gasteiger partial charge < -0.3 is 4.74 Å². The zero-order valence-corrected chi connectivity index (χ0v) is 10.6. The van der Waals surface area contributed by atoms with Gasteiger partial charge in [-0.25, -0.2) is 0 Å². The fourth-order valence-electron chi connectivity index (χ4n) is 1.37. The molecule has 0 saturated heterocycles. The van der Waals surface area contributed by atoms with E-state index < -0.39 is 0 Å². The molecule has 0 aliphatic heterocycles. The van der Waals surface area contributed by atoms with Gasteiger partial charge in [-0.15, -0.1) is 7.92 Å². The molecule has 0 unspecified atom stereocenters. The van der Waals surface area contributed by atoms with Crippen LogP contribution in [0.1, 0.15) is 40.0 Å². The zero-order valence-electron chi connectivity index (χ0n) is 9.71. The van der Waals surface area contributed by atoms with Crippen LogP contribution in [0, 0.1) is 0 Å². The summed E-state index contributed by atoms with van der Waals surface area (Å²) in [5.74, 6) is -0.158. The van der Waals surface area contributed by atoms with Crippen molar-refractivity contribution in [2.75, 3.05) is 25.1 Å². The van der Waals surface area contributed by atoms with E-state index in [1.165, 1.54) is 38.3 Å². The molecule has 0 N–H and O–H groups in total. The molecule has 3 heteroatoms. The van der Waals surface area contributed by atoms with E-state index >= 15 is 0 Å². The van der Waals surface area contributed by atoms with Crippen molar-refractivity contribution < 1.29 is 9.53 Å². The molecule has 0 amide bonds. The summed E-state index contributed by atoms with van der Waals surface area (Å²) in [5, 5.41) is 0. The number of hydrogen-bond donors (Lipinski definition) is 0. The van der Waals surface area contributed by atoms with E-state index in [1.807, 2.05) is 0 Å². The van der Waals surface area contributed by atoms with Crippen molar-refractivity contribution in [1.29, 1.82) is 0 Å². The Hall–Kier alpha value is -0.100. The minimum atomic E-state index is -0.158. The minimum absolute atomic E-state index is 0.158. The number of hydrogen-bond acceptors (Lipinski definition) is 2. The molecule has 0 aromatic carbocycles. The Morgan fingerprint density at radius 3 is 2.29 bits per heavy atom. The van der Waals surface area contributed by atoms with Crippen LogP contribution in [0.5, 0.6) is 0 Å². The summed E-state index contributed by atoms with van der Waals surface area (Å²) in [6, 6.07) is 0. The molecule has 2 nitrogen and oxygen atoms in total. The number of rotatable bonds is 8. The summed E-state index contributed by atoms with van der Waals surface area (Å²) in [5.41, 5.74) is 0. The molecule has 0 radical (unpaired) electrons. The molecule has 0 saturated carbocycles. The number of carbonyl (C=O) groups is 1. The predicted octanol–water partition coefficient (Wildman–Crippen LogP) is 3.24. The fraction of sp³-hybridized carbons (Fsp3) is 0.909. The molecule has 0 aromatic rings. The van der Waals surface area contributed by atoms with Crippen LogP contribution in [0.4, 0.5) is 0 Å². The van der Waals surface area contributed by atoms with E-state index in [2.05, 4.69) is 13.8 Å². The van der Waals surface area contributed by atoms with Crippen molar-refractivity contribution in [3.05, 3.63) is 0 Å². The summed E-state index contributed by atoms with van der Waals surface area (Å²) in [7, 11) is 0.303. The minimum Gasteiger partial charge on any atom is -0.466 e. The molecule has 0 aromatic heterocycles. The second-order valence-corrected chi connectivity index (χ2v) is 6.48. The normalized spacial score (nSPS) is 10.6. The van der Waals surface area contributed by atoms with Crippen LogP contribution in [-0.2, 0) is 9.53 Å². The summed E-state index contributed by atoms with van der Waals surface area (Å²) < 4.78 is 4.87. The predicted molar refractivity (Wildman–Crippen MR) is 63.4 cm³/mol. The average Bonchev–Trinajstić information content (AvgIpc) is 2.16. The molecule has 0 spiro atoms. The van der Waals surface area contributed by atoms with E-state index in [0.717, 1.165) is 6.42 Å². The van der Waals surface area contributed by atoms with Gasteiger partial charge in [0.05, 0.1) is 6.61 Å². The Kier molecular flexibility index (Phi) is 9.39. The van der Waals surface area contributed by atoms with Crippen LogP contribution in [0.2, 0.25) is 0 Å². The van der Waals surface area contributed by atoms with Crippen LogP contribution in [0.25, 0.3) is 0 Å². The Bertz CT molecular complexity index is 144. The van der Waals surface area contributed by atoms with Crippen molar-refractivity contribution in [1.82, 2.24) is 0 Å². The maximum atomic E-state index is 10.5. The highest BCUT2D eigenvalue weighted by atomic mass is 31.1. The first kappa shape index (κ1) is 13.9. The smallest absolute Gasteiger partial charge is 0.302 e. The zero-order chi connectivity index (χ0) is 10.8. The molecule has 0 atom stereocenters. The first-order chi connectivity index (χ1) is 6.70. The van der Waals surface area contributed by atoms with Gasteiger partial charge in [0.1, 0.15) is 0 Å². The summed E-state index contributed by atoms with van der Waals surface area (Å²) in [6.45, 7) is 6.64. The Morgan fingerprint density at radius 1 is 1.14 bits per heavy atom. The van der Waals surface area contributed by atoms with Gasteiger partial charge in [0.2, 0.25) is 0 Å². The third-order valence-corrected chi connectivity index (χ3v) is 5.06. The SMILES string of the molecule is CCP(CC)CCCCCOC(C)=O. The van der Waals surface area contributed by atoms with Gasteiger partial charge in [-0.1, -0.05) is 13.8 Å². The van der Waals surface area contributed by atoms with Crippen LogP contribution in [-0.4, -0.2) is 31.1 Å². The summed E-state index contributed by atoms with van der Waals surface area (Å²) in [4.78, 5) is 10.5. The maximum Gasteiger partial charge on any atom is 0.302 e. The van der Waals surface area contributed by atoms with Gasteiger partial charge >= 0.3 is 5.97 Å². The molecule has 0 heterocycles. The van der Waals surface area contributed by atoms with Gasteiger partial charge in [0.15, 0.2) is 0 Å². The molecule has 0 aliphatic carbocycles. The van der Waals surface area contributed by atoms with E-state index in [4.69, 9.17) is 4.74 Å². The second-order valence-electron chi connectivity index (χ2n) is 3.43. The average molecular weight is 218 g/mol. The fourth-order valence-corrected chi connectivity index (χ4v) is 3.12. The third kappa shape index (κ3) is 8.50. The Labute approximate surface area is 89.2 Å². The highest BCUT2D eigenvalue weighted by molar-refractivity contribution is 7.57. The molecule has 0 bridgehead atoms. The lowest BCUT2D eigenvalue weighted by atomic mass is 10.3. The van der Waals surface area contributed by atoms with Crippen LogP contribution < -0.4 is 0 Å². The van der Waals surface area contributed by atoms with Gasteiger partial charge in [-0.2, -0.15) is 0 Å². The second kappa shape index (κ2) is 9.45. The van der Waals surface area contributed by atoms with Crippen molar-refractivity contribution in [2.45, 2.75) is 40.0 Å². The molecule has 0 fully saturated rings. The summed E-state index contributed by atoms with van der Waals surface area (Å²) in [6.07, 6.45) is 7.63. The molecule has 14 heavy (non-hydrogen) atoms. The lowest BCUT2D eigenvalue weighted by molar-refractivity contribution is -0.141. The van der Waals surface area contributed by atoms with E-state index in [0.29, 0.717) is 14.5 Å². The van der Waals surface area contributed by atoms with Crippen LogP contribution >= 0.6 is 7.92 Å². The van der Waals surface area contributed by atoms with Crippen molar-refractivity contribution >= 4 is 13.9 Å². The van der Waals surface area contributed by atoms with Gasteiger partial charge in [-0.3, -0.25) is 4.79 Å². The number of ether oxygens (including phenoxy) is 1. The van der Waals surface area contributed by atoms with Gasteiger partial charge in [0, 0.05) is 6.92 Å². The van der Waals surface area contributed by atoms with Crippen molar-refractivity contribution in [3.8, 4) is 0 Å². The number of esters is 1. The molecule has 0 aliphatic rings. The monoisotopic (exact) mass is 218 g/mol. The van der Waals surface area contributed by atoms with E-state index in [1.54, 1.807) is 0 Å². The maximum absolute atomic E-state index is 10.5. The molecule has 0 rings (SSSR count). The topological polar surface area (TPSA) is 26.3 Å². The van der Waals surface area contributed by atoms with Gasteiger partial charge in [0.25, 0.3) is 0 Å². The largest absolute Gasteiger partial charge is 0.466 e. The molecule has 84 valence electrons. The standard InChI is InChI=1S/C11H23O2P/c1-4-14(5-2)10-8-6-7-9-13-11(3)12/h4-10H2,1-3H3. The third-order valence-electron chi connectivity index (χ3n) is 2.32. The van der Waals surface area contributed by atoms with E-state index in [-0.39, 0.29) is 5.97 Å². The van der Waals surface area contributed by atoms with Gasteiger partial charge in [-0.05, 0) is 37.7 Å². The van der Waals surface area contributed by atoms with Crippen molar-refractivity contribution in [3.63, 3.8) is 0 Å². The highest BCUT2D eigenvalue weighted by Crippen LogP contribution is 2.35. The van der Waals surface area contributed by atoms with Crippen LogP contribution in [0.15, 0.2) is 0 Å². The quantitative estimate of drug-likeness (QED) is 0.355. The lowest BCUT2D eigenvalue weighted by Gasteiger charge is -2.12. The van der Waals surface area contributed by atoms with E-state index in [9.17, 15) is 4.79 Å².